The Morgan fingerprint density at radius 2 is 2.31 bits per heavy atom. The van der Waals surface area contributed by atoms with Gasteiger partial charge in [0, 0.05) is 12.0 Å². The van der Waals surface area contributed by atoms with Crippen LogP contribution in [-0.2, 0) is 0 Å². The van der Waals surface area contributed by atoms with Crippen molar-refractivity contribution in [1.82, 2.24) is 0 Å². The zero-order valence-electron chi connectivity index (χ0n) is 7.29. The molecule has 0 bridgehead atoms. The predicted octanol–water partition coefficient (Wildman–Crippen LogP) is 2.97. The average molecular weight is 178 g/mol. The van der Waals surface area contributed by atoms with Crippen molar-refractivity contribution in [2.75, 3.05) is 0 Å². The quantitative estimate of drug-likeness (QED) is 0.511. The lowest BCUT2D eigenvalue weighted by Crippen LogP contribution is -1.98. The lowest BCUT2D eigenvalue weighted by atomic mass is 10.1. The fourth-order valence-electron chi connectivity index (χ4n) is 1.04. The first-order chi connectivity index (χ1) is 6.24. The fraction of sp³-hybridized carbons (Fsp3) is 0.182. The van der Waals surface area contributed by atoms with E-state index in [1.54, 1.807) is 12.1 Å². The number of hydrogen-bond acceptors (Lipinski definition) is 1. The van der Waals surface area contributed by atoms with Gasteiger partial charge < -0.3 is 0 Å². The van der Waals surface area contributed by atoms with Gasteiger partial charge in [-0.25, -0.2) is 4.39 Å². The van der Waals surface area contributed by atoms with Crippen LogP contribution in [0.3, 0.4) is 0 Å². The van der Waals surface area contributed by atoms with Gasteiger partial charge in [0.15, 0.2) is 5.78 Å². The van der Waals surface area contributed by atoms with E-state index in [2.05, 4.69) is 6.58 Å². The van der Waals surface area contributed by atoms with Crippen LogP contribution in [0.2, 0.25) is 0 Å². The van der Waals surface area contributed by atoms with Crippen LogP contribution in [0.25, 0.3) is 0 Å². The highest BCUT2D eigenvalue weighted by atomic mass is 19.1. The van der Waals surface area contributed by atoms with Crippen molar-refractivity contribution in [3.63, 3.8) is 0 Å². The summed E-state index contributed by atoms with van der Waals surface area (Å²) < 4.78 is 12.7. The van der Waals surface area contributed by atoms with Crippen molar-refractivity contribution < 1.29 is 9.18 Å². The van der Waals surface area contributed by atoms with E-state index in [1.165, 1.54) is 18.2 Å². The zero-order valence-corrected chi connectivity index (χ0v) is 7.29. The van der Waals surface area contributed by atoms with Crippen molar-refractivity contribution in [1.29, 1.82) is 0 Å². The van der Waals surface area contributed by atoms with Gasteiger partial charge in [-0.1, -0.05) is 18.2 Å². The van der Waals surface area contributed by atoms with E-state index in [4.69, 9.17) is 0 Å². The molecule has 0 amide bonds. The van der Waals surface area contributed by atoms with Crippen molar-refractivity contribution in [2.24, 2.45) is 0 Å². The van der Waals surface area contributed by atoms with Gasteiger partial charge in [-0.2, -0.15) is 0 Å². The molecule has 2 heteroatoms. The minimum atomic E-state index is -0.371. The summed E-state index contributed by atoms with van der Waals surface area (Å²) in [5.41, 5.74) is 0.432. The Hall–Kier alpha value is -1.44. The van der Waals surface area contributed by atoms with Crippen LogP contribution in [0, 0.1) is 5.82 Å². The Kier molecular flexibility index (Phi) is 3.38. The van der Waals surface area contributed by atoms with Gasteiger partial charge in [-0.15, -0.1) is 6.58 Å². The van der Waals surface area contributed by atoms with Crippen molar-refractivity contribution >= 4 is 5.78 Å². The van der Waals surface area contributed by atoms with E-state index in [-0.39, 0.29) is 11.6 Å². The molecule has 0 aliphatic rings. The zero-order chi connectivity index (χ0) is 9.68. The Bertz CT molecular complexity index is 318. The standard InChI is InChI=1S/C11H11FO/c1-2-3-7-11(13)9-5-4-6-10(12)8-9/h2,4-6,8H,1,3,7H2. The van der Waals surface area contributed by atoms with E-state index in [9.17, 15) is 9.18 Å². The van der Waals surface area contributed by atoms with Crippen LogP contribution in [0.1, 0.15) is 23.2 Å². The second-order valence-corrected chi connectivity index (χ2v) is 2.76. The van der Waals surface area contributed by atoms with Gasteiger partial charge in [-0.3, -0.25) is 4.79 Å². The first-order valence-electron chi connectivity index (χ1n) is 4.13. The van der Waals surface area contributed by atoms with Gasteiger partial charge in [0.1, 0.15) is 5.82 Å². The molecule has 0 unspecified atom stereocenters. The Balaban J connectivity index is 2.71. The highest BCUT2D eigenvalue weighted by molar-refractivity contribution is 5.96. The van der Waals surface area contributed by atoms with Crippen LogP contribution in [-0.4, -0.2) is 5.78 Å². The summed E-state index contributed by atoms with van der Waals surface area (Å²) in [6.07, 6.45) is 2.71. The predicted molar refractivity (Wildman–Crippen MR) is 50.2 cm³/mol. The molecule has 1 aromatic rings. The lowest BCUT2D eigenvalue weighted by Gasteiger charge is -1.98. The smallest absolute Gasteiger partial charge is 0.163 e. The van der Waals surface area contributed by atoms with Gasteiger partial charge in [0.25, 0.3) is 0 Å². The summed E-state index contributed by atoms with van der Waals surface area (Å²) >= 11 is 0. The van der Waals surface area contributed by atoms with Crippen molar-refractivity contribution in [3.05, 3.63) is 48.3 Å². The molecule has 68 valence electrons. The van der Waals surface area contributed by atoms with Crippen LogP contribution < -0.4 is 0 Å². The Morgan fingerprint density at radius 1 is 1.54 bits per heavy atom. The maximum atomic E-state index is 12.7. The molecule has 0 heterocycles. The molecule has 1 rings (SSSR count). The number of halogens is 1. The molecule has 0 fully saturated rings. The molecule has 13 heavy (non-hydrogen) atoms. The molecule has 0 radical (unpaired) electrons. The third-order valence-corrected chi connectivity index (χ3v) is 1.72. The SMILES string of the molecule is C=CCCC(=O)c1cccc(F)c1. The molecule has 0 aliphatic carbocycles. The third-order valence-electron chi connectivity index (χ3n) is 1.72. The van der Waals surface area contributed by atoms with Crippen LogP contribution in [0.4, 0.5) is 4.39 Å². The van der Waals surface area contributed by atoms with Gasteiger partial charge in [0.2, 0.25) is 0 Å². The molecule has 1 nitrogen and oxygen atoms in total. The summed E-state index contributed by atoms with van der Waals surface area (Å²) in [5.74, 6) is -0.413. The number of carbonyl (C=O) groups is 1. The van der Waals surface area contributed by atoms with E-state index in [1.807, 2.05) is 0 Å². The molecular weight excluding hydrogens is 167 g/mol. The highest BCUT2D eigenvalue weighted by Crippen LogP contribution is 2.07. The van der Waals surface area contributed by atoms with E-state index >= 15 is 0 Å². The molecule has 1 aromatic carbocycles. The largest absolute Gasteiger partial charge is 0.294 e. The highest BCUT2D eigenvalue weighted by Gasteiger charge is 2.04. The number of allylic oxidation sites excluding steroid dienone is 1. The average Bonchev–Trinajstić information content (AvgIpc) is 2.14. The summed E-state index contributed by atoms with van der Waals surface area (Å²) in [4.78, 5) is 11.3. The number of rotatable bonds is 4. The van der Waals surface area contributed by atoms with Gasteiger partial charge >= 0.3 is 0 Å². The minimum absolute atomic E-state index is 0.0422. The summed E-state index contributed by atoms with van der Waals surface area (Å²) in [6, 6.07) is 5.74. The first-order valence-corrected chi connectivity index (χ1v) is 4.13. The van der Waals surface area contributed by atoms with Gasteiger partial charge in [-0.05, 0) is 18.6 Å². The van der Waals surface area contributed by atoms with Crippen LogP contribution in [0.15, 0.2) is 36.9 Å². The van der Waals surface area contributed by atoms with Gasteiger partial charge in [0.05, 0.1) is 0 Å². The number of ketones is 1. The lowest BCUT2D eigenvalue weighted by molar-refractivity contribution is 0.0983. The molecule has 0 N–H and O–H groups in total. The molecular formula is C11H11FO. The monoisotopic (exact) mass is 178 g/mol. The second kappa shape index (κ2) is 4.55. The Labute approximate surface area is 76.9 Å². The van der Waals surface area contributed by atoms with Crippen molar-refractivity contribution in [3.8, 4) is 0 Å². The maximum absolute atomic E-state index is 12.7. The van der Waals surface area contributed by atoms with E-state index in [0.717, 1.165) is 0 Å². The molecule has 0 aromatic heterocycles. The molecule has 0 saturated heterocycles. The number of Topliss-reactive ketones (excluding diaryl/α,β-unsaturated/α-hetero) is 1. The fourth-order valence-corrected chi connectivity index (χ4v) is 1.04. The summed E-state index contributed by atoms with van der Waals surface area (Å²) in [5, 5.41) is 0. The Morgan fingerprint density at radius 3 is 2.92 bits per heavy atom. The van der Waals surface area contributed by atoms with E-state index in [0.29, 0.717) is 18.4 Å². The molecule has 0 atom stereocenters. The van der Waals surface area contributed by atoms with Crippen LogP contribution in [0.5, 0.6) is 0 Å². The van der Waals surface area contributed by atoms with E-state index < -0.39 is 0 Å². The molecule has 0 spiro atoms. The number of carbonyl (C=O) groups excluding carboxylic acids is 1. The molecule has 0 aliphatic heterocycles. The number of benzene rings is 1. The topological polar surface area (TPSA) is 17.1 Å². The summed E-state index contributed by atoms with van der Waals surface area (Å²) in [7, 11) is 0. The number of hydrogen-bond donors (Lipinski definition) is 0. The first kappa shape index (κ1) is 9.65. The normalized spacial score (nSPS) is 9.62. The summed E-state index contributed by atoms with van der Waals surface area (Å²) in [6.45, 7) is 3.52. The second-order valence-electron chi connectivity index (χ2n) is 2.76. The minimum Gasteiger partial charge on any atom is -0.294 e. The van der Waals surface area contributed by atoms with Crippen molar-refractivity contribution in [2.45, 2.75) is 12.8 Å². The third kappa shape index (κ3) is 2.82. The maximum Gasteiger partial charge on any atom is 0.163 e. The van der Waals surface area contributed by atoms with Crippen LogP contribution >= 0.6 is 0 Å². The molecule has 0 saturated carbocycles.